The van der Waals surface area contributed by atoms with Crippen molar-refractivity contribution >= 4 is 5.97 Å². The van der Waals surface area contributed by atoms with Crippen LogP contribution in [0, 0.1) is 0 Å². The Hall–Kier alpha value is -1.40. The summed E-state index contributed by atoms with van der Waals surface area (Å²) in [5.41, 5.74) is 0.814. The SMILES string of the molecule is O=C(O)c1ncc(C2CNCCN2)[nH]1. The van der Waals surface area contributed by atoms with Crippen molar-refractivity contribution in [3.63, 3.8) is 0 Å². The highest BCUT2D eigenvalue weighted by atomic mass is 16.4. The second-order valence-electron chi connectivity index (χ2n) is 3.20. The van der Waals surface area contributed by atoms with E-state index in [9.17, 15) is 4.79 Å². The lowest BCUT2D eigenvalue weighted by Gasteiger charge is -2.23. The number of carboxylic acid groups (broad SMARTS) is 1. The van der Waals surface area contributed by atoms with Gasteiger partial charge in [0.1, 0.15) is 0 Å². The predicted octanol–water partition coefficient (Wildman–Crippen LogP) is -0.658. The van der Waals surface area contributed by atoms with Gasteiger partial charge < -0.3 is 20.7 Å². The maximum Gasteiger partial charge on any atom is 0.371 e. The van der Waals surface area contributed by atoms with Crippen molar-refractivity contribution in [1.29, 1.82) is 0 Å². The summed E-state index contributed by atoms with van der Waals surface area (Å²) in [5.74, 6) is -1.03. The minimum Gasteiger partial charge on any atom is -0.475 e. The van der Waals surface area contributed by atoms with Crippen LogP contribution in [-0.2, 0) is 0 Å². The molecule has 76 valence electrons. The number of carbonyl (C=O) groups is 1. The average Bonchev–Trinajstić information content (AvgIpc) is 2.68. The maximum atomic E-state index is 10.6. The lowest BCUT2D eigenvalue weighted by atomic mass is 10.2. The van der Waals surface area contributed by atoms with E-state index >= 15 is 0 Å². The highest BCUT2D eigenvalue weighted by Crippen LogP contribution is 2.10. The van der Waals surface area contributed by atoms with Gasteiger partial charge in [0.25, 0.3) is 0 Å². The quantitative estimate of drug-likeness (QED) is 0.504. The molecule has 0 aromatic carbocycles. The van der Waals surface area contributed by atoms with Crippen LogP contribution >= 0.6 is 0 Å². The van der Waals surface area contributed by atoms with Crippen molar-refractivity contribution in [3.8, 4) is 0 Å². The first-order chi connectivity index (χ1) is 6.77. The molecule has 0 bridgehead atoms. The molecular formula is C8H12N4O2. The molecule has 0 spiro atoms. The van der Waals surface area contributed by atoms with Crippen LogP contribution in [0.1, 0.15) is 22.4 Å². The molecule has 1 saturated heterocycles. The molecule has 0 aliphatic carbocycles. The third kappa shape index (κ3) is 1.75. The molecule has 1 aliphatic heterocycles. The molecule has 6 nitrogen and oxygen atoms in total. The molecule has 1 atom stereocenters. The number of piperazine rings is 1. The molecule has 1 aromatic rings. The number of imidazole rings is 1. The van der Waals surface area contributed by atoms with Gasteiger partial charge in [0.05, 0.1) is 17.9 Å². The first-order valence-electron chi connectivity index (χ1n) is 4.49. The van der Waals surface area contributed by atoms with Crippen LogP contribution in [-0.4, -0.2) is 40.7 Å². The molecule has 0 saturated carbocycles. The summed E-state index contributed by atoms with van der Waals surface area (Å²) in [7, 11) is 0. The number of carboxylic acids is 1. The lowest BCUT2D eigenvalue weighted by Crippen LogP contribution is -2.42. The van der Waals surface area contributed by atoms with Gasteiger partial charge in [0, 0.05) is 19.6 Å². The third-order valence-electron chi connectivity index (χ3n) is 2.21. The Morgan fingerprint density at radius 3 is 3.00 bits per heavy atom. The molecule has 1 aromatic heterocycles. The Kier molecular flexibility index (Phi) is 2.47. The van der Waals surface area contributed by atoms with Gasteiger partial charge in [0.2, 0.25) is 5.82 Å². The molecule has 2 rings (SSSR count). The molecule has 0 amide bonds. The van der Waals surface area contributed by atoms with Crippen LogP contribution in [0.25, 0.3) is 0 Å². The monoisotopic (exact) mass is 196 g/mol. The van der Waals surface area contributed by atoms with Crippen LogP contribution in [0.4, 0.5) is 0 Å². The van der Waals surface area contributed by atoms with Crippen molar-refractivity contribution in [3.05, 3.63) is 17.7 Å². The standard InChI is InChI=1S/C8H12N4O2/c13-8(14)7-11-4-6(12-7)5-3-9-1-2-10-5/h4-5,9-10H,1-3H2,(H,11,12)(H,13,14). The van der Waals surface area contributed by atoms with E-state index in [1.54, 1.807) is 6.20 Å². The van der Waals surface area contributed by atoms with Crippen molar-refractivity contribution in [2.24, 2.45) is 0 Å². The van der Waals surface area contributed by atoms with Gasteiger partial charge in [-0.05, 0) is 0 Å². The van der Waals surface area contributed by atoms with Crippen LogP contribution in [0.5, 0.6) is 0 Å². The van der Waals surface area contributed by atoms with Gasteiger partial charge >= 0.3 is 5.97 Å². The highest BCUT2D eigenvalue weighted by molar-refractivity contribution is 5.83. The zero-order chi connectivity index (χ0) is 9.97. The zero-order valence-corrected chi connectivity index (χ0v) is 7.58. The molecule has 2 heterocycles. The Balaban J connectivity index is 2.11. The van der Waals surface area contributed by atoms with Gasteiger partial charge in [-0.3, -0.25) is 0 Å². The first-order valence-corrected chi connectivity index (χ1v) is 4.49. The molecule has 1 aliphatic rings. The number of aromatic carboxylic acids is 1. The van der Waals surface area contributed by atoms with Gasteiger partial charge in [0.15, 0.2) is 0 Å². The summed E-state index contributed by atoms with van der Waals surface area (Å²) in [6.07, 6.45) is 1.56. The Morgan fingerprint density at radius 2 is 2.43 bits per heavy atom. The van der Waals surface area contributed by atoms with E-state index in [4.69, 9.17) is 5.11 Å². The number of aromatic nitrogens is 2. The van der Waals surface area contributed by atoms with Crippen molar-refractivity contribution < 1.29 is 9.90 Å². The largest absolute Gasteiger partial charge is 0.475 e. The maximum absolute atomic E-state index is 10.6. The zero-order valence-electron chi connectivity index (χ0n) is 7.58. The molecule has 0 radical (unpaired) electrons. The number of hydrogen-bond donors (Lipinski definition) is 4. The van der Waals surface area contributed by atoms with E-state index in [0.717, 1.165) is 25.3 Å². The van der Waals surface area contributed by atoms with Gasteiger partial charge in [-0.25, -0.2) is 9.78 Å². The number of aromatic amines is 1. The van der Waals surface area contributed by atoms with Gasteiger partial charge in [-0.2, -0.15) is 0 Å². The Labute approximate surface area is 80.7 Å². The summed E-state index contributed by atoms with van der Waals surface area (Å²) < 4.78 is 0. The van der Waals surface area contributed by atoms with Gasteiger partial charge in [-0.1, -0.05) is 0 Å². The summed E-state index contributed by atoms with van der Waals surface area (Å²) >= 11 is 0. The summed E-state index contributed by atoms with van der Waals surface area (Å²) in [5, 5.41) is 15.1. The summed E-state index contributed by atoms with van der Waals surface area (Å²) in [6, 6.07) is 0.129. The van der Waals surface area contributed by atoms with Crippen LogP contribution < -0.4 is 10.6 Å². The minimum atomic E-state index is -1.03. The van der Waals surface area contributed by atoms with E-state index in [0.29, 0.717) is 0 Å². The molecular weight excluding hydrogens is 184 g/mol. The van der Waals surface area contributed by atoms with Gasteiger partial charge in [-0.15, -0.1) is 0 Å². The predicted molar refractivity (Wildman–Crippen MR) is 49.2 cm³/mol. The fourth-order valence-corrected chi connectivity index (χ4v) is 1.49. The molecule has 4 N–H and O–H groups in total. The van der Waals surface area contributed by atoms with E-state index in [-0.39, 0.29) is 11.9 Å². The van der Waals surface area contributed by atoms with Crippen molar-refractivity contribution in [2.45, 2.75) is 6.04 Å². The second-order valence-corrected chi connectivity index (χ2v) is 3.20. The summed E-state index contributed by atoms with van der Waals surface area (Å²) in [6.45, 7) is 2.61. The highest BCUT2D eigenvalue weighted by Gasteiger charge is 2.17. The Morgan fingerprint density at radius 1 is 1.57 bits per heavy atom. The van der Waals surface area contributed by atoms with Crippen molar-refractivity contribution in [1.82, 2.24) is 20.6 Å². The lowest BCUT2D eigenvalue weighted by molar-refractivity contribution is 0.0684. The normalized spacial score (nSPS) is 22.1. The topological polar surface area (TPSA) is 90.0 Å². The number of hydrogen-bond acceptors (Lipinski definition) is 4. The number of rotatable bonds is 2. The molecule has 14 heavy (non-hydrogen) atoms. The molecule has 6 heteroatoms. The average molecular weight is 196 g/mol. The third-order valence-corrected chi connectivity index (χ3v) is 2.21. The van der Waals surface area contributed by atoms with Crippen molar-refractivity contribution in [2.75, 3.05) is 19.6 Å². The van der Waals surface area contributed by atoms with E-state index < -0.39 is 5.97 Å². The number of nitrogens with one attached hydrogen (secondary N) is 3. The molecule has 1 fully saturated rings. The van der Waals surface area contributed by atoms with E-state index in [2.05, 4.69) is 20.6 Å². The minimum absolute atomic E-state index is 0.00706. The van der Waals surface area contributed by atoms with E-state index in [1.165, 1.54) is 0 Å². The van der Waals surface area contributed by atoms with Crippen LogP contribution in [0.3, 0.4) is 0 Å². The second kappa shape index (κ2) is 3.77. The fourth-order valence-electron chi connectivity index (χ4n) is 1.49. The van der Waals surface area contributed by atoms with Crippen LogP contribution in [0.15, 0.2) is 6.20 Å². The number of nitrogens with zero attached hydrogens (tertiary/aromatic N) is 1. The fraction of sp³-hybridized carbons (Fsp3) is 0.500. The Bertz CT molecular complexity index is 330. The summed E-state index contributed by atoms with van der Waals surface area (Å²) in [4.78, 5) is 17.1. The number of H-pyrrole nitrogens is 1. The van der Waals surface area contributed by atoms with E-state index in [1.807, 2.05) is 0 Å². The van der Waals surface area contributed by atoms with Crippen LogP contribution in [0.2, 0.25) is 0 Å². The first kappa shape index (κ1) is 9.17. The smallest absolute Gasteiger partial charge is 0.371 e. The molecule has 1 unspecified atom stereocenters.